The highest BCUT2D eigenvalue weighted by Gasteiger charge is 2.29. The minimum Gasteiger partial charge on any atom is -0.436 e. The van der Waals surface area contributed by atoms with Crippen LogP contribution in [0, 0.1) is 0 Å². The van der Waals surface area contributed by atoms with Crippen LogP contribution in [0.2, 0.25) is 0 Å². The Bertz CT molecular complexity index is 2730. The first-order valence-corrected chi connectivity index (χ1v) is 16.0. The van der Waals surface area contributed by atoms with E-state index >= 15 is 0 Å². The smallest absolute Gasteiger partial charge is 0.227 e. The van der Waals surface area contributed by atoms with Crippen molar-refractivity contribution in [1.82, 2.24) is 9.55 Å². The Kier molecular flexibility index (Phi) is 4.68. The summed E-state index contributed by atoms with van der Waals surface area (Å²) in [7, 11) is 0. The lowest BCUT2D eigenvalue weighted by Gasteiger charge is -2.15. The van der Waals surface area contributed by atoms with Crippen molar-refractivity contribution in [2.75, 3.05) is 0 Å². The van der Waals surface area contributed by atoms with Crippen molar-refractivity contribution < 1.29 is 4.42 Å². The molecule has 0 aliphatic heterocycles. The molecule has 0 fully saturated rings. The average Bonchev–Trinajstić information content (AvgIpc) is 3.87. The van der Waals surface area contributed by atoms with Crippen molar-refractivity contribution in [1.29, 1.82) is 0 Å². The molecule has 0 unspecified atom stereocenters. The number of hydrogen-bond acceptors (Lipinski definition) is 2. The zero-order valence-corrected chi connectivity index (χ0v) is 24.9. The van der Waals surface area contributed by atoms with E-state index in [0.717, 1.165) is 34.9 Å². The van der Waals surface area contributed by atoms with Gasteiger partial charge in [-0.05, 0) is 86.5 Å². The van der Waals surface area contributed by atoms with Gasteiger partial charge in [0.15, 0.2) is 5.58 Å². The van der Waals surface area contributed by atoms with Crippen LogP contribution in [0.4, 0.5) is 0 Å². The zero-order chi connectivity index (χ0) is 29.9. The SMILES string of the molecule is c1ccc2c(c1)Cc1ccc3c4ccccc4n(-c4cccc5c4Cc4cc(-c6nc7ccccc7o6)c6ccccc6c4-5)c3c1-2. The molecule has 2 heterocycles. The summed E-state index contributed by atoms with van der Waals surface area (Å²) in [5, 5.41) is 5.01. The summed E-state index contributed by atoms with van der Waals surface area (Å²) in [5.41, 5.74) is 17.4. The van der Waals surface area contributed by atoms with Crippen LogP contribution in [0.25, 0.3) is 83.1 Å². The molecule has 0 saturated heterocycles. The molecule has 3 heteroatoms. The quantitative estimate of drug-likeness (QED) is 0.202. The van der Waals surface area contributed by atoms with Crippen molar-refractivity contribution in [2.24, 2.45) is 0 Å². The monoisotopic (exact) mass is 586 g/mol. The van der Waals surface area contributed by atoms with E-state index in [2.05, 4.69) is 114 Å². The lowest BCUT2D eigenvalue weighted by Crippen LogP contribution is -2.00. The Balaban J connectivity index is 1.20. The molecule has 3 nitrogen and oxygen atoms in total. The normalized spacial score (nSPS) is 13.0. The van der Waals surface area contributed by atoms with Gasteiger partial charge in [0.25, 0.3) is 0 Å². The highest BCUT2D eigenvalue weighted by atomic mass is 16.3. The van der Waals surface area contributed by atoms with Crippen LogP contribution < -0.4 is 0 Å². The van der Waals surface area contributed by atoms with Crippen molar-refractivity contribution in [3.63, 3.8) is 0 Å². The van der Waals surface area contributed by atoms with Crippen LogP contribution >= 0.6 is 0 Å². The first-order chi connectivity index (χ1) is 22.8. The van der Waals surface area contributed by atoms with E-state index in [1.165, 1.54) is 77.4 Å². The van der Waals surface area contributed by atoms with Crippen molar-refractivity contribution in [3.05, 3.63) is 156 Å². The lowest BCUT2D eigenvalue weighted by atomic mass is 9.94. The molecule has 0 N–H and O–H groups in total. The van der Waals surface area contributed by atoms with E-state index in [1.807, 2.05) is 24.3 Å². The van der Waals surface area contributed by atoms with Crippen LogP contribution in [0.5, 0.6) is 0 Å². The Labute approximate surface area is 265 Å². The third kappa shape index (κ3) is 3.14. The molecule has 0 saturated carbocycles. The number of hydrogen-bond donors (Lipinski definition) is 0. The number of oxazole rings is 1. The van der Waals surface area contributed by atoms with Gasteiger partial charge in [0, 0.05) is 28.3 Å². The number of rotatable bonds is 2. The molecule has 9 aromatic rings. The highest BCUT2D eigenvalue weighted by molar-refractivity contribution is 6.16. The molecule has 11 rings (SSSR count). The largest absolute Gasteiger partial charge is 0.436 e. The first-order valence-electron chi connectivity index (χ1n) is 16.0. The van der Waals surface area contributed by atoms with Gasteiger partial charge >= 0.3 is 0 Å². The van der Waals surface area contributed by atoms with Gasteiger partial charge in [-0.1, -0.05) is 103 Å². The van der Waals surface area contributed by atoms with Crippen molar-refractivity contribution >= 4 is 43.7 Å². The summed E-state index contributed by atoms with van der Waals surface area (Å²) < 4.78 is 8.89. The minimum atomic E-state index is 0.674. The van der Waals surface area contributed by atoms with E-state index in [-0.39, 0.29) is 0 Å². The van der Waals surface area contributed by atoms with Crippen LogP contribution in [0.3, 0.4) is 0 Å². The Morgan fingerprint density at radius 2 is 1.30 bits per heavy atom. The number of benzene rings is 7. The van der Waals surface area contributed by atoms with Crippen LogP contribution in [-0.4, -0.2) is 9.55 Å². The van der Waals surface area contributed by atoms with Crippen LogP contribution in [-0.2, 0) is 12.8 Å². The molecule has 214 valence electrons. The van der Waals surface area contributed by atoms with Gasteiger partial charge in [0.2, 0.25) is 5.89 Å². The molecule has 0 radical (unpaired) electrons. The van der Waals surface area contributed by atoms with Gasteiger partial charge in [-0.15, -0.1) is 0 Å². The number of nitrogens with zero attached hydrogens (tertiary/aromatic N) is 2. The first kappa shape index (κ1) is 24.4. The summed E-state index contributed by atoms with van der Waals surface area (Å²) in [5.74, 6) is 0.674. The van der Waals surface area contributed by atoms with E-state index in [9.17, 15) is 0 Å². The second kappa shape index (κ2) is 8.83. The standard InChI is InChI=1S/C43H26N2O/c1-2-11-28-25(10-1)22-26-20-21-33-30-13-5-7-17-37(30)45(42(33)41(26)28)38-18-9-15-32-34(38)23-27-24-35(29-12-3-4-14-31(29)40(27)32)43-44-36-16-6-8-19-39(36)46-43/h1-21,24H,22-23H2. The Morgan fingerprint density at radius 1 is 0.522 bits per heavy atom. The third-order valence-electron chi connectivity index (χ3n) is 10.3. The number of para-hydroxylation sites is 3. The number of fused-ring (bicyclic) bond motifs is 13. The van der Waals surface area contributed by atoms with E-state index in [1.54, 1.807) is 0 Å². The molecule has 2 aliphatic carbocycles. The van der Waals surface area contributed by atoms with Gasteiger partial charge in [-0.2, -0.15) is 0 Å². The molecule has 0 bridgehead atoms. The topological polar surface area (TPSA) is 31.0 Å². The van der Waals surface area contributed by atoms with E-state index < -0.39 is 0 Å². The zero-order valence-electron chi connectivity index (χ0n) is 24.9. The highest BCUT2D eigenvalue weighted by Crippen LogP contribution is 2.50. The average molecular weight is 587 g/mol. The van der Waals surface area contributed by atoms with Crippen LogP contribution in [0.1, 0.15) is 22.3 Å². The molecular formula is C43H26N2O. The summed E-state index contributed by atoms with van der Waals surface area (Å²) in [6, 6.07) is 48.4. The minimum absolute atomic E-state index is 0.674. The predicted octanol–water partition coefficient (Wildman–Crippen LogP) is 10.9. The molecule has 2 aliphatic rings. The number of aromatic nitrogens is 2. The summed E-state index contributed by atoms with van der Waals surface area (Å²) in [4.78, 5) is 4.92. The second-order valence-electron chi connectivity index (χ2n) is 12.7. The van der Waals surface area contributed by atoms with E-state index in [4.69, 9.17) is 9.40 Å². The van der Waals surface area contributed by atoms with Crippen LogP contribution in [0.15, 0.2) is 138 Å². The molecular weight excluding hydrogens is 560 g/mol. The Hall–Kier alpha value is -5.93. The van der Waals surface area contributed by atoms with Gasteiger partial charge in [-0.3, -0.25) is 0 Å². The third-order valence-corrected chi connectivity index (χ3v) is 10.3. The fourth-order valence-electron chi connectivity index (χ4n) is 8.37. The summed E-state index contributed by atoms with van der Waals surface area (Å²) >= 11 is 0. The summed E-state index contributed by atoms with van der Waals surface area (Å²) in [6.07, 6.45) is 1.82. The van der Waals surface area contributed by atoms with Gasteiger partial charge in [0.1, 0.15) is 5.52 Å². The van der Waals surface area contributed by atoms with Crippen molar-refractivity contribution in [2.45, 2.75) is 12.8 Å². The van der Waals surface area contributed by atoms with Gasteiger partial charge in [-0.25, -0.2) is 4.98 Å². The fraction of sp³-hybridized carbons (Fsp3) is 0.0465. The Morgan fingerprint density at radius 3 is 2.24 bits per heavy atom. The molecule has 46 heavy (non-hydrogen) atoms. The maximum Gasteiger partial charge on any atom is 0.227 e. The van der Waals surface area contributed by atoms with Gasteiger partial charge in [0.05, 0.1) is 16.7 Å². The lowest BCUT2D eigenvalue weighted by molar-refractivity contribution is 0.620. The fourth-order valence-corrected chi connectivity index (χ4v) is 8.37. The predicted molar refractivity (Wildman–Crippen MR) is 188 cm³/mol. The molecule has 0 spiro atoms. The second-order valence-corrected chi connectivity index (χ2v) is 12.7. The maximum atomic E-state index is 6.33. The maximum absolute atomic E-state index is 6.33. The van der Waals surface area contributed by atoms with Gasteiger partial charge < -0.3 is 8.98 Å². The van der Waals surface area contributed by atoms with E-state index in [0.29, 0.717) is 5.89 Å². The molecule has 2 aromatic heterocycles. The van der Waals surface area contributed by atoms with Crippen molar-refractivity contribution in [3.8, 4) is 39.4 Å². The molecule has 0 amide bonds. The summed E-state index contributed by atoms with van der Waals surface area (Å²) in [6.45, 7) is 0. The molecule has 7 aromatic carbocycles. The molecule has 0 atom stereocenters.